The molecule has 2 nitrogen and oxygen atoms in total. The van der Waals surface area contributed by atoms with E-state index >= 15 is 0 Å². The highest BCUT2D eigenvalue weighted by molar-refractivity contribution is 8.04. The summed E-state index contributed by atoms with van der Waals surface area (Å²) in [6.45, 7) is 4.07. The number of amides is 1. The van der Waals surface area contributed by atoms with E-state index in [-0.39, 0.29) is 5.91 Å². The molecule has 1 fully saturated rings. The van der Waals surface area contributed by atoms with E-state index in [2.05, 4.69) is 11.4 Å². The van der Waals surface area contributed by atoms with E-state index in [0.717, 1.165) is 26.7 Å². The summed E-state index contributed by atoms with van der Waals surface area (Å²) in [5.74, 6) is 0.586. The second-order valence-corrected chi connectivity index (χ2v) is 9.95. The Kier molecular flexibility index (Phi) is 7.57. The molecule has 1 amide bonds. The van der Waals surface area contributed by atoms with Gasteiger partial charge in [0.2, 0.25) is 5.91 Å². The van der Waals surface area contributed by atoms with Crippen molar-refractivity contribution in [1.82, 2.24) is 0 Å². The van der Waals surface area contributed by atoms with Gasteiger partial charge < -0.3 is 5.32 Å². The molecule has 1 N–H and O–H groups in total. The topological polar surface area (TPSA) is 29.1 Å². The van der Waals surface area contributed by atoms with Gasteiger partial charge in [-0.1, -0.05) is 54.8 Å². The number of halogens is 1. The fourth-order valence-electron chi connectivity index (χ4n) is 3.46. The Hall–Kier alpha value is -1.10. The van der Waals surface area contributed by atoms with Crippen LogP contribution in [0.5, 0.6) is 0 Å². The monoisotopic (exact) mass is 419 g/mol. The minimum atomic E-state index is 0.0875. The zero-order valence-corrected chi connectivity index (χ0v) is 18.2. The van der Waals surface area contributed by atoms with Crippen LogP contribution in [0.15, 0.2) is 47.4 Å². The Morgan fingerprint density at radius 3 is 2.41 bits per heavy atom. The van der Waals surface area contributed by atoms with Crippen molar-refractivity contribution in [3.63, 3.8) is 0 Å². The molecule has 2 atom stereocenters. The molecule has 2 aromatic rings. The van der Waals surface area contributed by atoms with Crippen molar-refractivity contribution in [2.45, 2.75) is 54.9 Å². The number of hydrogen-bond acceptors (Lipinski definition) is 3. The molecule has 1 aliphatic rings. The summed E-state index contributed by atoms with van der Waals surface area (Å²) in [6, 6.07) is 14.1. The number of nitrogens with one attached hydrogen (secondary N) is 1. The Morgan fingerprint density at radius 2 is 1.70 bits per heavy atom. The minimum absolute atomic E-state index is 0.0875. The Labute approximate surface area is 175 Å². The third-order valence-electron chi connectivity index (χ3n) is 4.93. The number of benzene rings is 2. The largest absolute Gasteiger partial charge is 0.325 e. The average molecular weight is 420 g/mol. The van der Waals surface area contributed by atoms with E-state index in [4.69, 9.17) is 11.6 Å². The van der Waals surface area contributed by atoms with Crippen LogP contribution in [0.25, 0.3) is 0 Å². The third-order valence-corrected chi connectivity index (χ3v) is 8.44. The molecule has 0 unspecified atom stereocenters. The number of carbonyl (C=O) groups is 1. The molecule has 0 aromatic heterocycles. The van der Waals surface area contributed by atoms with Crippen molar-refractivity contribution < 1.29 is 4.79 Å². The predicted octanol–water partition coefficient (Wildman–Crippen LogP) is 6.73. The van der Waals surface area contributed by atoms with Gasteiger partial charge in [0.1, 0.15) is 0 Å². The van der Waals surface area contributed by atoms with E-state index in [9.17, 15) is 4.79 Å². The van der Waals surface area contributed by atoms with Gasteiger partial charge in [-0.05, 0) is 49.9 Å². The summed E-state index contributed by atoms with van der Waals surface area (Å²) in [5, 5.41) is 4.93. The molecule has 2 aromatic carbocycles. The van der Waals surface area contributed by atoms with E-state index in [1.165, 1.54) is 25.7 Å². The Morgan fingerprint density at radius 1 is 1.04 bits per heavy atom. The molecule has 0 heterocycles. The fraction of sp³-hybridized carbons (Fsp3) is 0.409. The second-order valence-electron chi connectivity index (χ2n) is 7.04. The van der Waals surface area contributed by atoms with Crippen LogP contribution in [0.4, 0.5) is 5.69 Å². The lowest BCUT2D eigenvalue weighted by Crippen LogP contribution is -2.27. The highest BCUT2D eigenvalue weighted by Crippen LogP contribution is 2.41. The number of carbonyl (C=O) groups excluding carboxylic acids is 1. The van der Waals surface area contributed by atoms with E-state index in [1.807, 2.05) is 62.0 Å². The highest BCUT2D eigenvalue weighted by Gasteiger charge is 2.27. The number of aryl methyl sites for hydroxylation is 2. The summed E-state index contributed by atoms with van der Waals surface area (Å²) >= 11 is 10.0. The lowest BCUT2D eigenvalue weighted by molar-refractivity contribution is -0.113. The molecule has 1 aliphatic carbocycles. The molecule has 0 bridgehead atoms. The van der Waals surface area contributed by atoms with E-state index < -0.39 is 0 Å². The predicted molar refractivity (Wildman–Crippen MR) is 120 cm³/mol. The molecule has 0 saturated heterocycles. The van der Waals surface area contributed by atoms with Gasteiger partial charge in [-0.3, -0.25) is 4.79 Å². The third kappa shape index (κ3) is 5.69. The second kappa shape index (κ2) is 9.90. The van der Waals surface area contributed by atoms with Crippen LogP contribution in [0.1, 0.15) is 36.8 Å². The normalized spacial score (nSPS) is 19.7. The molecule has 5 heteroatoms. The molecule has 1 saturated carbocycles. The van der Waals surface area contributed by atoms with Gasteiger partial charge in [-0.2, -0.15) is 0 Å². The van der Waals surface area contributed by atoms with E-state index in [1.54, 1.807) is 11.8 Å². The van der Waals surface area contributed by atoms with Crippen LogP contribution in [-0.4, -0.2) is 22.2 Å². The molecule has 0 radical (unpaired) electrons. The smallest absolute Gasteiger partial charge is 0.234 e. The van der Waals surface area contributed by atoms with Crippen LogP contribution in [0, 0.1) is 13.8 Å². The van der Waals surface area contributed by atoms with Gasteiger partial charge in [0, 0.05) is 21.1 Å². The van der Waals surface area contributed by atoms with Crippen molar-refractivity contribution in [1.29, 1.82) is 0 Å². The van der Waals surface area contributed by atoms with Gasteiger partial charge in [-0.25, -0.2) is 0 Å². The number of anilines is 1. The fourth-order valence-corrected chi connectivity index (χ4v) is 6.49. The molecular formula is C22H26ClNOS2. The summed E-state index contributed by atoms with van der Waals surface area (Å²) in [7, 11) is 0. The Bertz CT molecular complexity index is 775. The zero-order valence-electron chi connectivity index (χ0n) is 15.8. The molecule has 27 heavy (non-hydrogen) atoms. The SMILES string of the molecule is Cc1cccc(C)c1NC(=O)CS[C@@H]1CCCC[C@H]1Sc1ccccc1Cl. The van der Waals surface area contributed by atoms with Crippen molar-refractivity contribution in [2.24, 2.45) is 0 Å². The van der Waals surface area contributed by atoms with Crippen LogP contribution in [0.3, 0.4) is 0 Å². The van der Waals surface area contributed by atoms with Crippen molar-refractivity contribution in [2.75, 3.05) is 11.1 Å². The number of thioether (sulfide) groups is 2. The average Bonchev–Trinajstić information content (AvgIpc) is 2.66. The summed E-state index contributed by atoms with van der Waals surface area (Å²) < 4.78 is 0. The highest BCUT2D eigenvalue weighted by atomic mass is 35.5. The molecule has 3 rings (SSSR count). The van der Waals surface area contributed by atoms with Crippen molar-refractivity contribution in [3.05, 3.63) is 58.6 Å². The van der Waals surface area contributed by atoms with Gasteiger partial charge in [0.05, 0.1) is 10.8 Å². The summed E-state index contributed by atoms with van der Waals surface area (Å²) in [4.78, 5) is 13.7. The summed E-state index contributed by atoms with van der Waals surface area (Å²) in [6.07, 6.45) is 4.86. The molecule has 144 valence electrons. The standard InChI is InChI=1S/C22H26ClNOS2/c1-15-8-7-9-16(2)22(15)24-21(25)14-26-19-12-5-6-13-20(19)27-18-11-4-3-10-17(18)23/h3-4,7-11,19-20H,5-6,12-14H2,1-2H3,(H,24,25)/t19-,20-/m1/s1. The molecular weight excluding hydrogens is 394 g/mol. The summed E-state index contributed by atoms with van der Waals surface area (Å²) in [5.41, 5.74) is 3.17. The quantitative estimate of drug-likeness (QED) is 0.562. The first-order valence-electron chi connectivity index (χ1n) is 9.43. The zero-order chi connectivity index (χ0) is 19.2. The lowest BCUT2D eigenvalue weighted by atomic mass is 10.00. The van der Waals surface area contributed by atoms with Gasteiger partial charge in [0.15, 0.2) is 0 Å². The minimum Gasteiger partial charge on any atom is -0.325 e. The van der Waals surface area contributed by atoms with Crippen LogP contribution in [0.2, 0.25) is 5.02 Å². The maximum atomic E-state index is 12.5. The first-order valence-corrected chi connectivity index (χ1v) is 11.7. The van der Waals surface area contributed by atoms with Gasteiger partial charge >= 0.3 is 0 Å². The molecule has 0 spiro atoms. The Balaban J connectivity index is 1.58. The maximum absolute atomic E-state index is 12.5. The van der Waals surface area contributed by atoms with Crippen LogP contribution < -0.4 is 5.32 Å². The van der Waals surface area contributed by atoms with Crippen molar-refractivity contribution >= 4 is 46.7 Å². The lowest BCUT2D eigenvalue weighted by Gasteiger charge is -2.30. The first kappa shape index (κ1) is 20.6. The molecule has 0 aliphatic heterocycles. The number of rotatable bonds is 6. The van der Waals surface area contributed by atoms with Crippen molar-refractivity contribution in [3.8, 4) is 0 Å². The van der Waals surface area contributed by atoms with Gasteiger partial charge in [-0.15, -0.1) is 23.5 Å². The van der Waals surface area contributed by atoms with Crippen LogP contribution in [-0.2, 0) is 4.79 Å². The number of hydrogen-bond donors (Lipinski definition) is 1. The van der Waals surface area contributed by atoms with Gasteiger partial charge in [0.25, 0.3) is 0 Å². The van der Waals surface area contributed by atoms with E-state index in [0.29, 0.717) is 16.3 Å². The first-order chi connectivity index (χ1) is 13.0. The number of para-hydroxylation sites is 1. The van der Waals surface area contributed by atoms with Crippen LogP contribution >= 0.6 is 35.1 Å². The maximum Gasteiger partial charge on any atom is 0.234 e.